The number of rotatable bonds is 4. The maximum absolute atomic E-state index is 7.31. The molecule has 2 aromatic rings. The zero-order valence-corrected chi connectivity index (χ0v) is 15.4. The number of nitrogens with zero attached hydrogens (tertiary/aromatic N) is 1. The van der Waals surface area contributed by atoms with Crippen LogP contribution in [0.1, 0.15) is 43.0 Å². The molecular formula is C21H23NO3. The number of ether oxygens (including phenoxy) is 3. The van der Waals surface area contributed by atoms with Gasteiger partial charge >= 0.3 is 0 Å². The van der Waals surface area contributed by atoms with E-state index in [9.17, 15) is 0 Å². The average Bonchev–Trinajstić information content (AvgIpc) is 2.61. The normalized spacial score (nSPS) is 13.9. The molecule has 4 heteroatoms. The summed E-state index contributed by atoms with van der Waals surface area (Å²) >= 11 is 0. The zero-order valence-electron chi connectivity index (χ0n) is 15.4. The Labute approximate surface area is 149 Å². The summed E-state index contributed by atoms with van der Waals surface area (Å²) in [6, 6.07) is 8.06. The highest BCUT2D eigenvalue weighted by Crippen LogP contribution is 2.53. The van der Waals surface area contributed by atoms with Crippen LogP contribution in [0.5, 0.6) is 23.0 Å². The Morgan fingerprint density at radius 3 is 1.96 bits per heavy atom. The van der Waals surface area contributed by atoms with Gasteiger partial charge < -0.3 is 19.1 Å². The molecule has 1 aliphatic rings. The molecule has 0 radical (unpaired) electrons. The van der Waals surface area contributed by atoms with Gasteiger partial charge in [-0.25, -0.2) is 6.57 Å². The lowest BCUT2D eigenvalue weighted by Gasteiger charge is -2.36. The van der Waals surface area contributed by atoms with Crippen LogP contribution in [-0.2, 0) is 18.4 Å². The minimum absolute atomic E-state index is 0.225. The summed E-state index contributed by atoms with van der Waals surface area (Å²) < 4.78 is 17.4. The van der Waals surface area contributed by atoms with E-state index in [0.717, 1.165) is 45.9 Å². The molecule has 2 aromatic carbocycles. The van der Waals surface area contributed by atoms with Crippen molar-refractivity contribution in [1.82, 2.24) is 0 Å². The summed E-state index contributed by atoms with van der Waals surface area (Å²) in [6.45, 7) is 14.0. The number of hydrogen-bond donors (Lipinski definition) is 0. The third kappa shape index (κ3) is 2.51. The number of hydrogen-bond acceptors (Lipinski definition) is 3. The SMILES string of the molecule is [C-]#[N+]Cc1c(OC)ccc2c1Oc1c(ccc(OC)c1CC)C2(C)C. The molecule has 25 heavy (non-hydrogen) atoms. The van der Waals surface area contributed by atoms with Crippen LogP contribution >= 0.6 is 0 Å². The van der Waals surface area contributed by atoms with Crippen LogP contribution in [0.3, 0.4) is 0 Å². The molecule has 4 nitrogen and oxygen atoms in total. The molecule has 0 bridgehead atoms. The van der Waals surface area contributed by atoms with Crippen LogP contribution in [0.15, 0.2) is 24.3 Å². The molecule has 0 N–H and O–H groups in total. The quantitative estimate of drug-likeness (QED) is 0.726. The van der Waals surface area contributed by atoms with Crippen molar-refractivity contribution in [3.8, 4) is 23.0 Å². The van der Waals surface area contributed by atoms with E-state index in [1.807, 2.05) is 18.2 Å². The summed E-state index contributed by atoms with van der Waals surface area (Å²) in [5, 5.41) is 0. The highest BCUT2D eigenvalue weighted by molar-refractivity contribution is 5.65. The molecule has 0 aromatic heterocycles. The lowest BCUT2D eigenvalue weighted by Crippen LogP contribution is -2.26. The fourth-order valence-electron chi connectivity index (χ4n) is 3.63. The van der Waals surface area contributed by atoms with E-state index >= 15 is 0 Å². The Morgan fingerprint density at radius 1 is 0.960 bits per heavy atom. The average molecular weight is 337 g/mol. The van der Waals surface area contributed by atoms with Crippen molar-refractivity contribution in [2.75, 3.05) is 14.2 Å². The van der Waals surface area contributed by atoms with Crippen molar-refractivity contribution in [2.45, 2.75) is 39.2 Å². The third-order valence-corrected chi connectivity index (χ3v) is 5.02. The van der Waals surface area contributed by atoms with E-state index in [-0.39, 0.29) is 12.0 Å². The minimum atomic E-state index is -0.234. The van der Waals surface area contributed by atoms with Crippen LogP contribution in [0.4, 0.5) is 0 Å². The predicted molar refractivity (Wildman–Crippen MR) is 97.9 cm³/mol. The first-order valence-electron chi connectivity index (χ1n) is 8.41. The van der Waals surface area contributed by atoms with Gasteiger partial charge in [-0.2, -0.15) is 0 Å². The molecule has 0 saturated heterocycles. The topological polar surface area (TPSA) is 32.0 Å². The highest BCUT2D eigenvalue weighted by atomic mass is 16.5. The number of fused-ring (bicyclic) bond motifs is 2. The first kappa shape index (κ1) is 17.2. The second kappa shape index (κ2) is 6.33. The van der Waals surface area contributed by atoms with Crippen LogP contribution in [0.25, 0.3) is 4.85 Å². The summed E-state index contributed by atoms with van der Waals surface area (Å²) in [5.74, 6) is 3.11. The summed E-state index contributed by atoms with van der Waals surface area (Å²) in [5.41, 5.74) is 3.83. The van der Waals surface area contributed by atoms with E-state index < -0.39 is 0 Å². The van der Waals surface area contributed by atoms with Gasteiger partial charge in [-0.05, 0) is 18.6 Å². The lowest BCUT2D eigenvalue weighted by molar-refractivity contribution is 0.375. The minimum Gasteiger partial charge on any atom is -0.496 e. The van der Waals surface area contributed by atoms with Gasteiger partial charge in [0.2, 0.25) is 6.54 Å². The third-order valence-electron chi connectivity index (χ3n) is 5.02. The molecule has 0 atom stereocenters. The monoisotopic (exact) mass is 337 g/mol. The van der Waals surface area contributed by atoms with Gasteiger partial charge in [0.1, 0.15) is 28.6 Å². The van der Waals surface area contributed by atoms with Gasteiger partial charge in [-0.3, -0.25) is 0 Å². The van der Waals surface area contributed by atoms with Crippen molar-refractivity contribution in [2.24, 2.45) is 0 Å². The van der Waals surface area contributed by atoms with Crippen LogP contribution in [-0.4, -0.2) is 14.2 Å². The van der Waals surface area contributed by atoms with Crippen LogP contribution < -0.4 is 14.2 Å². The van der Waals surface area contributed by atoms with Gasteiger partial charge in [0.15, 0.2) is 0 Å². The van der Waals surface area contributed by atoms with Gasteiger partial charge in [0, 0.05) is 22.1 Å². The molecule has 130 valence electrons. The second-order valence-electron chi connectivity index (χ2n) is 6.64. The molecule has 1 aliphatic heterocycles. The largest absolute Gasteiger partial charge is 0.496 e. The van der Waals surface area contributed by atoms with Crippen molar-refractivity contribution in [3.63, 3.8) is 0 Å². The summed E-state index contributed by atoms with van der Waals surface area (Å²) in [7, 11) is 3.30. The predicted octanol–water partition coefficient (Wildman–Crippen LogP) is 5.12. The van der Waals surface area contributed by atoms with E-state index in [2.05, 4.69) is 31.7 Å². The van der Waals surface area contributed by atoms with Gasteiger partial charge in [-0.15, -0.1) is 0 Å². The fourth-order valence-corrected chi connectivity index (χ4v) is 3.63. The van der Waals surface area contributed by atoms with Gasteiger partial charge in [-0.1, -0.05) is 32.9 Å². The first-order valence-corrected chi connectivity index (χ1v) is 8.41. The van der Waals surface area contributed by atoms with Crippen molar-refractivity contribution < 1.29 is 14.2 Å². The zero-order chi connectivity index (χ0) is 18.2. The fraction of sp³-hybridized carbons (Fsp3) is 0.381. The van der Waals surface area contributed by atoms with E-state index in [1.54, 1.807) is 14.2 Å². The maximum atomic E-state index is 7.31. The summed E-state index contributed by atoms with van der Waals surface area (Å²) in [6.07, 6.45) is 0.805. The Kier molecular flexibility index (Phi) is 4.34. The van der Waals surface area contributed by atoms with E-state index in [4.69, 9.17) is 20.8 Å². The first-order chi connectivity index (χ1) is 12.0. The molecule has 0 unspecified atom stereocenters. The molecule has 0 saturated carbocycles. The summed E-state index contributed by atoms with van der Waals surface area (Å²) in [4.78, 5) is 3.57. The number of benzene rings is 2. The molecule has 0 aliphatic carbocycles. The van der Waals surface area contributed by atoms with Crippen molar-refractivity contribution >= 4 is 0 Å². The second-order valence-corrected chi connectivity index (χ2v) is 6.64. The van der Waals surface area contributed by atoms with Gasteiger partial charge in [0.25, 0.3) is 0 Å². The Morgan fingerprint density at radius 2 is 1.48 bits per heavy atom. The van der Waals surface area contributed by atoms with E-state index in [0.29, 0.717) is 5.75 Å². The molecule has 0 fully saturated rings. The van der Waals surface area contributed by atoms with Crippen LogP contribution in [0, 0.1) is 6.57 Å². The molecule has 0 spiro atoms. The smallest absolute Gasteiger partial charge is 0.247 e. The Bertz CT molecular complexity index is 862. The van der Waals surface area contributed by atoms with Crippen LogP contribution in [0.2, 0.25) is 0 Å². The Balaban J connectivity index is 2.31. The van der Waals surface area contributed by atoms with Crippen molar-refractivity contribution in [3.05, 3.63) is 57.9 Å². The molecular weight excluding hydrogens is 314 g/mol. The maximum Gasteiger partial charge on any atom is 0.247 e. The lowest BCUT2D eigenvalue weighted by atomic mass is 9.74. The molecule has 0 amide bonds. The molecule has 3 rings (SSSR count). The molecule has 1 heterocycles. The van der Waals surface area contributed by atoms with E-state index in [1.165, 1.54) is 0 Å². The number of methoxy groups -OCH3 is 2. The highest BCUT2D eigenvalue weighted by Gasteiger charge is 2.38. The Hall–Kier alpha value is -2.67. The standard InChI is InChI=1S/C21H23NO3/c1-7-13-17(23-5)10-8-15-19(13)25-20-14(12-22-4)18(24-6)11-9-16(20)21(15,2)3/h8-11H,7,12H2,1-3,5-6H3. The van der Waals surface area contributed by atoms with Gasteiger partial charge in [0.05, 0.1) is 14.2 Å². The van der Waals surface area contributed by atoms with Crippen molar-refractivity contribution in [1.29, 1.82) is 0 Å².